The van der Waals surface area contributed by atoms with Crippen LogP contribution in [0.2, 0.25) is 0 Å². The van der Waals surface area contributed by atoms with Gasteiger partial charge in [0.1, 0.15) is 0 Å². The number of halogens is 1. The molecule has 0 bridgehead atoms. The van der Waals surface area contributed by atoms with Crippen molar-refractivity contribution in [1.82, 2.24) is 4.98 Å². The van der Waals surface area contributed by atoms with Gasteiger partial charge in [0.05, 0.1) is 5.52 Å². The number of nitrogens with zero attached hydrogens (tertiary/aromatic N) is 1. The number of rotatable bonds is 2. The van der Waals surface area contributed by atoms with Gasteiger partial charge in [-0.15, -0.1) is 0 Å². The van der Waals surface area contributed by atoms with E-state index < -0.39 is 0 Å². The van der Waals surface area contributed by atoms with E-state index in [1.807, 2.05) is 62.4 Å². The van der Waals surface area contributed by atoms with Crippen LogP contribution < -0.4 is 0 Å². The molecule has 21 heavy (non-hydrogen) atoms. The predicted molar refractivity (Wildman–Crippen MR) is 88.8 cm³/mol. The second kappa shape index (κ2) is 5.41. The molecule has 3 rings (SSSR count). The standard InChI is InChI=1S/C18H14BrNO/c1-11-3-7-15(16(19)9-11)18(21)14-6-8-17-13(10-14)5-4-12(2)20-17/h3-10H,1-2H3. The molecule has 0 aliphatic heterocycles. The van der Waals surface area contributed by atoms with Crippen LogP contribution in [-0.2, 0) is 0 Å². The lowest BCUT2D eigenvalue weighted by Gasteiger charge is -2.06. The molecule has 0 aliphatic rings. The van der Waals surface area contributed by atoms with Gasteiger partial charge in [-0.25, -0.2) is 0 Å². The minimum atomic E-state index is 0.0179. The zero-order chi connectivity index (χ0) is 15.0. The first-order valence-corrected chi connectivity index (χ1v) is 7.52. The number of fused-ring (bicyclic) bond motifs is 1. The molecule has 3 aromatic rings. The summed E-state index contributed by atoms with van der Waals surface area (Å²) in [6, 6.07) is 15.4. The van der Waals surface area contributed by atoms with Crippen LogP contribution in [-0.4, -0.2) is 10.8 Å². The SMILES string of the molecule is Cc1ccc(C(=O)c2ccc3nc(C)ccc3c2)c(Br)c1. The van der Waals surface area contributed by atoms with Gasteiger partial charge in [-0.2, -0.15) is 0 Å². The molecule has 0 spiro atoms. The maximum atomic E-state index is 12.6. The highest BCUT2D eigenvalue weighted by Gasteiger charge is 2.13. The summed E-state index contributed by atoms with van der Waals surface area (Å²) in [6.45, 7) is 3.96. The molecule has 0 unspecified atom stereocenters. The third kappa shape index (κ3) is 2.74. The normalized spacial score (nSPS) is 10.8. The van der Waals surface area contributed by atoms with Gasteiger partial charge in [0, 0.05) is 26.7 Å². The summed E-state index contributed by atoms with van der Waals surface area (Å²) in [4.78, 5) is 17.1. The summed E-state index contributed by atoms with van der Waals surface area (Å²) >= 11 is 3.47. The van der Waals surface area contributed by atoms with Crippen LogP contribution in [0.5, 0.6) is 0 Å². The fourth-order valence-corrected chi connectivity index (χ4v) is 3.00. The van der Waals surface area contributed by atoms with E-state index in [2.05, 4.69) is 20.9 Å². The number of ketones is 1. The molecule has 104 valence electrons. The number of aromatic nitrogens is 1. The van der Waals surface area contributed by atoms with Crippen molar-refractivity contribution < 1.29 is 4.79 Å². The molecule has 2 nitrogen and oxygen atoms in total. The average molecular weight is 340 g/mol. The zero-order valence-corrected chi connectivity index (χ0v) is 13.4. The van der Waals surface area contributed by atoms with Gasteiger partial charge in [-0.05, 0) is 55.8 Å². The molecular formula is C18H14BrNO. The average Bonchev–Trinajstić information content (AvgIpc) is 2.46. The summed E-state index contributed by atoms with van der Waals surface area (Å²) in [5.74, 6) is 0.0179. The fourth-order valence-electron chi connectivity index (χ4n) is 2.33. The Morgan fingerprint density at radius 2 is 1.81 bits per heavy atom. The molecule has 1 heterocycles. The van der Waals surface area contributed by atoms with E-state index >= 15 is 0 Å². The highest BCUT2D eigenvalue weighted by Crippen LogP contribution is 2.23. The monoisotopic (exact) mass is 339 g/mol. The molecule has 0 radical (unpaired) electrons. The smallest absolute Gasteiger partial charge is 0.194 e. The van der Waals surface area contributed by atoms with Crippen molar-refractivity contribution in [3.05, 3.63) is 75.4 Å². The van der Waals surface area contributed by atoms with Crippen molar-refractivity contribution in [2.24, 2.45) is 0 Å². The largest absolute Gasteiger partial charge is 0.289 e. The Morgan fingerprint density at radius 3 is 2.57 bits per heavy atom. The Bertz CT molecular complexity index is 855. The van der Waals surface area contributed by atoms with Crippen LogP contribution in [0.4, 0.5) is 0 Å². The van der Waals surface area contributed by atoms with E-state index in [9.17, 15) is 4.79 Å². The van der Waals surface area contributed by atoms with Crippen LogP contribution >= 0.6 is 15.9 Å². The van der Waals surface area contributed by atoms with Crippen molar-refractivity contribution >= 4 is 32.6 Å². The second-order valence-corrected chi connectivity index (χ2v) is 6.03. The number of carbonyl (C=O) groups excluding carboxylic acids is 1. The number of carbonyl (C=O) groups is 1. The van der Waals surface area contributed by atoms with Crippen LogP contribution in [0.15, 0.2) is 53.0 Å². The summed E-state index contributed by atoms with van der Waals surface area (Å²) in [7, 11) is 0. The fraction of sp³-hybridized carbons (Fsp3) is 0.111. The van der Waals surface area contributed by atoms with Crippen LogP contribution in [0.3, 0.4) is 0 Å². The molecule has 0 fully saturated rings. The molecule has 0 saturated carbocycles. The Labute approximate surface area is 132 Å². The lowest BCUT2D eigenvalue weighted by Crippen LogP contribution is -2.02. The topological polar surface area (TPSA) is 30.0 Å². The highest BCUT2D eigenvalue weighted by molar-refractivity contribution is 9.10. The third-order valence-electron chi connectivity index (χ3n) is 3.46. The van der Waals surface area contributed by atoms with Crippen LogP contribution in [0.1, 0.15) is 27.2 Å². The Morgan fingerprint density at radius 1 is 1.00 bits per heavy atom. The van der Waals surface area contributed by atoms with Crippen molar-refractivity contribution in [1.29, 1.82) is 0 Å². The van der Waals surface area contributed by atoms with Gasteiger partial charge < -0.3 is 0 Å². The van der Waals surface area contributed by atoms with Crippen molar-refractivity contribution in [2.45, 2.75) is 13.8 Å². The van der Waals surface area contributed by atoms with E-state index in [4.69, 9.17) is 0 Å². The highest BCUT2D eigenvalue weighted by atomic mass is 79.9. The van der Waals surface area contributed by atoms with Gasteiger partial charge >= 0.3 is 0 Å². The van der Waals surface area contributed by atoms with E-state index in [0.29, 0.717) is 11.1 Å². The van der Waals surface area contributed by atoms with E-state index in [1.54, 1.807) is 0 Å². The van der Waals surface area contributed by atoms with Crippen molar-refractivity contribution in [3.8, 4) is 0 Å². The first-order chi connectivity index (χ1) is 10.0. The lowest BCUT2D eigenvalue weighted by atomic mass is 10.0. The Kier molecular flexibility index (Phi) is 3.60. The first kappa shape index (κ1) is 14.0. The molecule has 1 aromatic heterocycles. The number of hydrogen-bond donors (Lipinski definition) is 0. The maximum Gasteiger partial charge on any atom is 0.194 e. The molecule has 0 N–H and O–H groups in total. The number of pyridine rings is 1. The van der Waals surface area contributed by atoms with Gasteiger partial charge in [0.25, 0.3) is 0 Å². The lowest BCUT2D eigenvalue weighted by molar-refractivity contribution is 0.103. The number of aryl methyl sites for hydroxylation is 2. The molecule has 3 heteroatoms. The summed E-state index contributed by atoms with van der Waals surface area (Å²) in [6.07, 6.45) is 0. The summed E-state index contributed by atoms with van der Waals surface area (Å²) in [5.41, 5.74) is 4.37. The number of benzene rings is 2. The van der Waals surface area contributed by atoms with E-state index in [1.165, 1.54) is 0 Å². The summed E-state index contributed by atoms with van der Waals surface area (Å²) < 4.78 is 0.828. The summed E-state index contributed by atoms with van der Waals surface area (Å²) in [5, 5.41) is 0.981. The van der Waals surface area contributed by atoms with Gasteiger partial charge in [-0.1, -0.05) is 28.1 Å². The predicted octanol–water partition coefficient (Wildman–Crippen LogP) is 4.85. The van der Waals surface area contributed by atoms with Crippen LogP contribution in [0.25, 0.3) is 10.9 Å². The second-order valence-electron chi connectivity index (χ2n) is 5.17. The quantitative estimate of drug-likeness (QED) is 0.625. The zero-order valence-electron chi connectivity index (χ0n) is 11.9. The third-order valence-corrected chi connectivity index (χ3v) is 4.12. The number of hydrogen-bond acceptors (Lipinski definition) is 2. The minimum Gasteiger partial charge on any atom is -0.289 e. The molecule has 0 atom stereocenters. The first-order valence-electron chi connectivity index (χ1n) is 6.73. The van der Waals surface area contributed by atoms with Crippen molar-refractivity contribution in [3.63, 3.8) is 0 Å². The van der Waals surface area contributed by atoms with E-state index in [0.717, 1.165) is 26.6 Å². The Balaban J connectivity index is 2.07. The van der Waals surface area contributed by atoms with E-state index in [-0.39, 0.29) is 5.78 Å². The maximum absolute atomic E-state index is 12.6. The Hall–Kier alpha value is -2.00. The molecule has 2 aromatic carbocycles. The minimum absolute atomic E-state index is 0.0179. The van der Waals surface area contributed by atoms with Gasteiger partial charge in [0.15, 0.2) is 5.78 Å². The van der Waals surface area contributed by atoms with Crippen molar-refractivity contribution in [2.75, 3.05) is 0 Å². The van der Waals surface area contributed by atoms with Gasteiger partial charge in [0.2, 0.25) is 0 Å². The van der Waals surface area contributed by atoms with Gasteiger partial charge in [-0.3, -0.25) is 9.78 Å². The molecular weight excluding hydrogens is 326 g/mol. The molecule has 0 saturated heterocycles. The molecule has 0 amide bonds. The van der Waals surface area contributed by atoms with Crippen LogP contribution in [0, 0.1) is 13.8 Å². The molecule has 0 aliphatic carbocycles.